The van der Waals surface area contributed by atoms with Crippen molar-refractivity contribution in [3.63, 3.8) is 0 Å². The molecule has 16 heavy (non-hydrogen) atoms. The van der Waals surface area contributed by atoms with Gasteiger partial charge in [0, 0.05) is 13.0 Å². The van der Waals surface area contributed by atoms with Crippen LogP contribution in [0.15, 0.2) is 23.3 Å². The van der Waals surface area contributed by atoms with Crippen molar-refractivity contribution in [3.8, 4) is 0 Å². The molecule has 6 nitrogen and oxygen atoms in total. The molecular weight excluding hydrogens is 215 g/mol. The van der Waals surface area contributed by atoms with Gasteiger partial charge in [0.1, 0.15) is 6.17 Å². The molecule has 2 atom stereocenters. The molecule has 0 bridgehead atoms. The van der Waals surface area contributed by atoms with E-state index >= 15 is 0 Å². The molecule has 0 aromatic carbocycles. The Morgan fingerprint density at radius 3 is 3.19 bits per heavy atom. The Bertz CT molecular complexity index is 459. The second-order valence-corrected chi connectivity index (χ2v) is 3.52. The summed E-state index contributed by atoms with van der Waals surface area (Å²) in [6.45, 7) is 0.165. The lowest BCUT2D eigenvalue weighted by Gasteiger charge is -2.03. The monoisotopic (exact) mass is 226 g/mol. The zero-order valence-electron chi connectivity index (χ0n) is 8.38. The number of carbonyl (C=O) groups is 1. The Balaban J connectivity index is 2.18. The van der Waals surface area contributed by atoms with Gasteiger partial charge in [0.2, 0.25) is 0 Å². The molecule has 0 spiro atoms. The molecule has 1 fully saturated rings. The maximum absolute atomic E-state index is 12.8. The first-order valence-electron chi connectivity index (χ1n) is 4.86. The van der Waals surface area contributed by atoms with Crippen LogP contribution in [-0.2, 0) is 4.79 Å². The Hall–Kier alpha value is -1.76. The third-order valence-electron chi connectivity index (χ3n) is 2.31. The summed E-state index contributed by atoms with van der Waals surface area (Å²) in [5, 5.41) is 15.4. The lowest BCUT2D eigenvalue weighted by molar-refractivity contribution is -0.120. The van der Waals surface area contributed by atoms with Crippen LogP contribution in [-0.4, -0.2) is 39.8 Å². The number of hydrogen-bond acceptors (Lipinski definition) is 4. The number of amides is 1. The minimum Gasteiger partial charge on any atom is -0.410 e. The van der Waals surface area contributed by atoms with Crippen molar-refractivity contribution in [1.82, 2.24) is 15.3 Å². The van der Waals surface area contributed by atoms with E-state index in [2.05, 4.69) is 15.4 Å². The number of alkyl halides is 1. The summed E-state index contributed by atoms with van der Waals surface area (Å²) < 4.78 is 12.8. The average Bonchev–Trinajstić information content (AvgIpc) is 2.68. The maximum atomic E-state index is 12.8. The molecule has 1 aromatic heterocycles. The summed E-state index contributed by atoms with van der Waals surface area (Å²) in [6, 6.07) is 2.36. The van der Waals surface area contributed by atoms with Crippen molar-refractivity contribution in [1.29, 1.82) is 0 Å². The van der Waals surface area contributed by atoms with Crippen LogP contribution in [0.1, 0.15) is 6.42 Å². The zero-order chi connectivity index (χ0) is 11.5. The number of rotatable bonds is 1. The zero-order valence-corrected chi connectivity index (χ0v) is 8.38. The van der Waals surface area contributed by atoms with Crippen LogP contribution >= 0.6 is 0 Å². The van der Waals surface area contributed by atoms with Crippen molar-refractivity contribution >= 4 is 5.91 Å². The van der Waals surface area contributed by atoms with Gasteiger partial charge in [-0.3, -0.25) is 4.79 Å². The fourth-order valence-corrected chi connectivity index (χ4v) is 1.51. The fraction of sp³-hybridized carbons (Fsp3) is 0.444. The highest BCUT2D eigenvalue weighted by atomic mass is 19.1. The van der Waals surface area contributed by atoms with Crippen LogP contribution in [0, 0.1) is 0 Å². The fourth-order valence-electron chi connectivity index (χ4n) is 1.51. The van der Waals surface area contributed by atoms with E-state index in [-0.39, 0.29) is 18.5 Å². The van der Waals surface area contributed by atoms with Crippen LogP contribution in [0.3, 0.4) is 0 Å². The first-order chi connectivity index (χ1) is 7.66. The highest BCUT2D eigenvalue weighted by molar-refractivity contribution is 5.82. The molecule has 1 saturated heterocycles. The van der Waals surface area contributed by atoms with Gasteiger partial charge in [0.05, 0.1) is 12.2 Å². The third kappa shape index (κ3) is 2.25. The van der Waals surface area contributed by atoms with Gasteiger partial charge >= 0.3 is 0 Å². The first-order valence-corrected chi connectivity index (χ1v) is 4.86. The lowest BCUT2D eigenvalue weighted by atomic mass is 10.2. The van der Waals surface area contributed by atoms with Crippen molar-refractivity contribution in [2.24, 2.45) is 4.99 Å². The predicted octanol–water partition coefficient (Wildman–Crippen LogP) is -0.752. The van der Waals surface area contributed by atoms with Crippen molar-refractivity contribution < 1.29 is 14.4 Å². The molecule has 7 heteroatoms. The van der Waals surface area contributed by atoms with E-state index in [0.29, 0.717) is 4.85 Å². The Morgan fingerprint density at radius 2 is 2.56 bits per heavy atom. The largest absolute Gasteiger partial charge is 0.410 e. The van der Waals surface area contributed by atoms with Gasteiger partial charge in [0.15, 0.2) is 5.49 Å². The van der Waals surface area contributed by atoms with Gasteiger partial charge in [-0.2, -0.15) is 4.99 Å². The van der Waals surface area contributed by atoms with Crippen molar-refractivity contribution in [2.75, 3.05) is 6.54 Å². The number of carbonyl (C=O) groups excluding carboxylic acids is 1. The number of hydrogen-bond donors (Lipinski definition) is 2. The van der Waals surface area contributed by atoms with Gasteiger partial charge in [0.25, 0.3) is 5.91 Å². The topological polar surface area (TPSA) is 79.5 Å². The van der Waals surface area contributed by atoms with E-state index in [1.165, 1.54) is 12.3 Å². The lowest BCUT2D eigenvalue weighted by Crippen LogP contribution is -2.32. The second-order valence-electron chi connectivity index (χ2n) is 3.52. The van der Waals surface area contributed by atoms with Crippen molar-refractivity contribution in [3.05, 3.63) is 23.8 Å². The van der Waals surface area contributed by atoms with Gasteiger partial charge in [-0.15, -0.1) is 5.10 Å². The summed E-state index contributed by atoms with van der Waals surface area (Å²) in [5.74, 6) is -0.504. The molecule has 86 valence electrons. The molecule has 0 aliphatic carbocycles. The van der Waals surface area contributed by atoms with Gasteiger partial charge in [-0.25, -0.2) is 4.39 Å². The Morgan fingerprint density at radius 1 is 1.75 bits per heavy atom. The summed E-state index contributed by atoms with van der Waals surface area (Å²) in [6.07, 6.45) is 0.461. The molecule has 1 aliphatic heterocycles. The SMILES string of the molecule is O=C(N=c1cccnn1O)[C@@H]1C[C@@H](F)CN1. The molecule has 2 rings (SSSR count). The first kappa shape index (κ1) is 10.7. The molecule has 2 N–H and O–H groups in total. The summed E-state index contributed by atoms with van der Waals surface area (Å²) >= 11 is 0. The highest BCUT2D eigenvalue weighted by Gasteiger charge is 2.28. The van der Waals surface area contributed by atoms with Gasteiger partial charge in [-0.1, -0.05) is 4.85 Å². The molecule has 2 heterocycles. The number of nitrogens with one attached hydrogen (secondary N) is 1. The van der Waals surface area contributed by atoms with E-state index in [0.717, 1.165) is 0 Å². The van der Waals surface area contributed by atoms with Crippen LogP contribution in [0.5, 0.6) is 0 Å². The van der Waals surface area contributed by atoms with E-state index in [1.807, 2.05) is 0 Å². The normalized spacial score (nSPS) is 25.9. The molecule has 0 saturated carbocycles. The van der Waals surface area contributed by atoms with Gasteiger partial charge < -0.3 is 10.5 Å². The smallest absolute Gasteiger partial charge is 0.265 e. The highest BCUT2D eigenvalue weighted by Crippen LogP contribution is 2.10. The molecule has 0 unspecified atom stereocenters. The van der Waals surface area contributed by atoms with Crippen LogP contribution in [0.4, 0.5) is 4.39 Å². The third-order valence-corrected chi connectivity index (χ3v) is 2.31. The summed E-state index contributed by atoms with van der Waals surface area (Å²) in [7, 11) is 0. The number of halogens is 1. The van der Waals surface area contributed by atoms with E-state index in [4.69, 9.17) is 0 Å². The second kappa shape index (κ2) is 4.40. The Kier molecular flexibility index (Phi) is 2.95. The van der Waals surface area contributed by atoms with Crippen molar-refractivity contribution in [2.45, 2.75) is 18.6 Å². The van der Waals surface area contributed by atoms with Crippen LogP contribution in [0.25, 0.3) is 0 Å². The standard InChI is InChI=1S/C9H11FN4O2/c10-6-4-7(11-5-6)9(15)13-8-2-1-3-12-14(8)16/h1-3,6-7,11,16H,4-5H2/t6-,7+/m1/s1. The molecule has 1 aliphatic rings. The minimum absolute atomic E-state index is 0.0246. The number of nitrogens with zero attached hydrogens (tertiary/aromatic N) is 3. The minimum atomic E-state index is -1.01. The average molecular weight is 226 g/mol. The van der Waals surface area contributed by atoms with Gasteiger partial charge in [-0.05, 0) is 12.1 Å². The van der Waals surface area contributed by atoms with Crippen LogP contribution in [0.2, 0.25) is 0 Å². The number of aromatic nitrogens is 2. The quantitative estimate of drug-likeness (QED) is 0.617. The molecule has 1 aromatic rings. The van der Waals surface area contributed by atoms with E-state index < -0.39 is 18.1 Å². The Labute approximate surface area is 90.4 Å². The summed E-state index contributed by atoms with van der Waals surface area (Å²) in [4.78, 5) is 15.7. The molecular formula is C9H11FN4O2. The molecule has 0 radical (unpaired) electrons. The molecule has 1 amide bonds. The van der Waals surface area contributed by atoms with Crippen LogP contribution < -0.4 is 10.8 Å². The predicted molar refractivity (Wildman–Crippen MR) is 51.3 cm³/mol. The van der Waals surface area contributed by atoms with E-state index in [9.17, 15) is 14.4 Å². The summed E-state index contributed by atoms with van der Waals surface area (Å²) in [5.41, 5.74) is 0.0246. The van der Waals surface area contributed by atoms with E-state index in [1.54, 1.807) is 6.07 Å². The maximum Gasteiger partial charge on any atom is 0.265 e.